The maximum atomic E-state index is 12.8. The predicted octanol–water partition coefficient (Wildman–Crippen LogP) is 2.08. The minimum atomic E-state index is -0.971. The molecule has 3 rings (SSSR count). The van der Waals surface area contributed by atoms with Crippen molar-refractivity contribution >= 4 is 0 Å². The van der Waals surface area contributed by atoms with Crippen molar-refractivity contribution in [1.82, 2.24) is 9.78 Å². The molecule has 0 radical (unpaired) electrons. The molecule has 7 heteroatoms. The van der Waals surface area contributed by atoms with Crippen LogP contribution in [0.25, 0.3) is 11.5 Å². The first-order valence-corrected chi connectivity index (χ1v) is 7.31. The molecule has 1 atom stereocenters. The Hall–Kier alpha value is -2.93. The number of aromatic nitrogens is 2. The lowest BCUT2D eigenvalue weighted by Gasteiger charge is -2.11. The van der Waals surface area contributed by atoms with E-state index in [1.54, 1.807) is 24.3 Å². The lowest BCUT2D eigenvalue weighted by molar-refractivity contribution is 0.0875. The molecule has 3 aromatic rings. The first kappa shape index (κ1) is 15.9. The minimum absolute atomic E-state index is 0.0639. The van der Waals surface area contributed by atoms with Crippen molar-refractivity contribution in [2.75, 3.05) is 6.61 Å². The van der Waals surface area contributed by atoms with E-state index in [0.29, 0.717) is 11.3 Å². The van der Waals surface area contributed by atoms with Gasteiger partial charge in [-0.05, 0) is 36.4 Å². The van der Waals surface area contributed by atoms with E-state index >= 15 is 0 Å². The average molecular weight is 330 g/mol. The molecule has 1 aromatic heterocycles. The van der Waals surface area contributed by atoms with Crippen LogP contribution in [0.3, 0.4) is 0 Å². The average Bonchev–Trinajstić information content (AvgIpc) is 2.96. The van der Waals surface area contributed by atoms with Crippen LogP contribution in [0.1, 0.15) is 0 Å². The molecular formula is C17H15FN2O4. The summed E-state index contributed by atoms with van der Waals surface area (Å²) in [5, 5.41) is 14.0. The number of ether oxygens (including phenoxy) is 1. The third-order valence-corrected chi connectivity index (χ3v) is 3.27. The first-order valence-electron chi connectivity index (χ1n) is 7.31. The van der Waals surface area contributed by atoms with Gasteiger partial charge in [0.2, 0.25) is 5.89 Å². The number of halogens is 1. The van der Waals surface area contributed by atoms with Crippen molar-refractivity contribution in [2.24, 2.45) is 0 Å². The Labute approximate surface area is 136 Å². The second-order valence-corrected chi connectivity index (χ2v) is 5.14. The number of aliphatic hydroxyl groups excluding tert-OH is 1. The fraction of sp³-hybridized carbons (Fsp3) is 0.176. The van der Waals surface area contributed by atoms with Gasteiger partial charge >= 0.3 is 5.76 Å². The van der Waals surface area contributed by atoms with Crippen LogP contribution in [0.5, 0.6) is 5.75 Å². The molecule has 0 saturated heterocycles. The maximum absolute atomic E-state index is 12.8. The molecule has 0 spiro atoms. The van der Waals surface area contributed by atoms with Gasteiger partial charge in [0.15, 0.2) is 0 Å². The van der Waals surface area contributed by atoms with Gasteiger partial charge in [0.25, 0.3) is 0 Å². The normalized spacial score (nSPS) is 12.1. The largest absolute Gasteiger partial charge is 0.491 e. The van der Waals surface area contributed by atoms with Gasteiger partial charge in [0.05, 0.1) is 6.54 Å². The van der Waals surface area contributed by atoms with Crippen LogP contribution in [-0.4, -0.2) is 27.6 Å². The van der Waals surface area contributed by atoms with Gasteiger partial charge in [0.1, 0.15) is 24.3 Å². The van der Waals surface area contributed by atoms with E-state index in [1.807, 2.05) is 6.07 Å². The summed E-state index contributed by atoms with van der Waals surface area (Å²) in [6.45, 7) is -0.137. The fourth-order valence-electron chi connectivity index (χ4n) is 2.09. The van der Waals surface area contributed by atoms with Gasteiger partial charge in [-0.15, -0.1) is 5.10 Å². The van der Waals surface area contributed by atoms with Crippen LogP contribution in [0, 0.1) is 5.82 Å². The number of aliphatic hydroxyl groups is 1. The Balaban J connectivity index is 1.62. The highest BCUT2D eigenvalue weighted by Gasteiger charge is 2.14. The van der Waals surface area contributed by atoms with E-state index in [-0.39, 0.29) is 24.9 Å². The van der Waals surface area contributed by atoms with Crippen molar-refractivity contribution < 1.29 is 18.7 Å². The maximum Gasteiger partial charge on any atom is 0.437 e. The molecule has 0 amide bonds. The predicted molar refractivity (Wildman–Crippen MR) is 84.1 cm³/mol. The number of nitrogens with zero attached hydrogens (tertiary/aromatic N) is 2. The summed E-state index contributed by atoms with van der Waals surface area (Å²) in [6.07, 6.45) is -0.971. The molecule has 1 N–H and O–H groups in total. The van der Waals surface area contributed by atoms with Gasteiger partial charge < -0.3 is 14.3 Å². The highest BCUT2D eigenvalue weighted by molar-refractivity contribution is 5.51. The van der Waals surface area contributed by atoms with E-state index in [9.17, 15) is 14.3 Å². The van der Waals surface area contributed by atoms with E-state index in [0.717, 1.165) is 4.68 Å². The molecule has 0 fully saturated rings. The van der Waals surface area contributed by atoms with Gasteiger partial charge in [-0.3, -0.25) is 0 Å². The molecule has 0 bridgehead atoms. The van der Waals surface area contributed by atoms with Crippen LogP contribution < -0.4 is 10.5 Å². The summed E-state index contributed by atoms with van der Waals surface area (Å²) in [7, 11) is 0. The van der Waals surface area contributed by atoms with Crippen LogP contribution in [0.4, 0.5) is 4.39 Å². The van der Waals surface area contributed by atoms with Crippen LogP contribution in [0.2, 0.25) is 0 Å². The standard InChI is InChI=1S/C17H15FN2O4/c18-13-6-8-15(9-7-13)23-11-14(21)10-20-17(22)24-16(19-20)12-4-2-1-3-5-12/h1-9,14,21H,10-11H2/t14-/m0/s1. The SMILES string of the molecule is O=c1oc(-c2ccccc2)nn1C[C@H](O)COc1ccc(F)cc1. The topological polar surface area (TPSA) is 77.5 Å². The zero-order valence-electron chi connectivity index (χ0n) is 12.6. The van der Waals surface area contributed by atoms with E-state index < -0.39 is 11.9 Å². The summed E-state index contributed by atoms with van der Waals surface area (Å²) in [4.78, 5) is 11.8. The molecule has 6 nitrogen and oxygen atoms in total. The molecule has 0 unspecified atom stereocenters. The smallest absolute Gasteiger partial charge is 0.437 e. The number of rotatable bonds is 6. The van der Waals surface area contributed by atoms with Crippen LogP contribution in [-0.2, 0) is 6.54 Å². The number of hydrogen-bond acceptors (Lipinski definition) is 5. The zero-order valence-corrected chi connectivity index (χ0v) is 12.6. The van der Waals surface area contributed by atoms with E-state index in [2.05, 4.69) is 5.10 Å². The van der Waals surface area contributed by atoms with Crippen molar-refractivity contribution in [3.63, 3.8) is 0 Å². The number of hydrogen-bond donors (Lipinski definition) is 1. The second-order valence-electron chi connectivity index (χ2n) is 5.14. The lowest BCUT2D eigenvalue weighted by Crippen LogP contribution is -2.29. The summed E-state index contributed by atoms with van der Waals surface area (Å²) < 4.78 is 24.3. The molecular weight excluding hydrogens is 315 g/mol. The van der Waals surface area contributed by atoms with Crippen LogP contribution in [0.15, 0.2) is 63.8 Å². The van der Waals surface area contributed by atoms with Crippen molar-refractivity contribution in [2.45, 2.75) is 12.6 Å². The lowest BCUT2D eigenvalue weighted by atomic mass is 10.2. The Kier molecular flexibility index (Phi) is 4.72. The van der Waals surface area contributed by atoms with Crippen molar-refractivity contribution in [1.29, 1.82) is 0 Å². The summed E-state index contributed by atoms with van der Waals surface area (Å²) in [5.41, 5.74) is 0.672. The summed E-state index contributed by atoms with van der Waals surface area (Å²) >= 11 is 0. The molecule has 0 saturated carbocycles. The van der Waals surface area contributed by atoms with E-state index in [1.165, 1.54) is 24.3 Å². The Morgan fingerprint density at radius 2 is 1.88 bits per heavy atom. The van der Waals surface area contributed by atoms with Gasteiger partial charge in [-0.2, -0.15) is 4.68 Å². The van der Waals surface area contributed by atoms with Gasteiger partial charge in [-0.25, -0.2) is 9.18 Å². The third kappa shape index (κ3) is 3.88. The Morgan fingerprint density at radius 1 is 1.17 bits per heavy atom. The molecule has 1 heterocycles. The first-order chi connectivity index (χ1) is 11.6. The molecule has 0 aliphatic heterocycles. The molecule has 124 valence electrons. The highest BCUT2D eigenvalue weighted by atomic mass is 19.1. The quantitative estimate of drug-likeness (QED) is 0.749. The Morgan fingerprint density at radius 3 is 2.58 bits per heavy atom. The zero-order chi connectivity index (χ0) is 16.9. The van der Waals surface area contributed by atoms with Gasteiger partial charge in [0, 0.05) is 5.56 Å². The van der Waals surface area contributed by atoms with Crippen molar-refractivity contribution in [3.8, 4) is 17.2 Å². The number of benzene rings is 2. The van der Waals surface area contributed by atoms with Gasteiger partial charge in [-0.1, -0.05) is 18.2 Å². The third-order valence-electron chi connectivity index (χ3n) is 3.27. The van der Waals surface area contributed by atoms with E-state index in [4.69, 9.17) is 9.15 Å². The van der Waals surface area contributed by atoms with Crippen molar-refractivity contribution in [3.05, 3.63) is 71.0 Å². The molecule has 24 heavy (non-hydrogen) atoms. The highest BCUT2D eigenvalue weighted by Crippen LogP contribution is 2.14. The molecule has 2 aromatic carbocycles. The Bertz CT molecular complexity index is 843. The monoisotopic (exact) mass is 330 g/mol. The van der Waals surface area contributed by atoms with Crippen LogP contribution >= 0.6 is 0 Å². The minimum Gasteiger partial charge on any atom is -0.491 e. The second kappa shape index (κ2) is 7.10. The fourth-order valence-corrected chi connectivity index (χ4v) is 2.09. The molecule has 0 aliphatic carbocycles. The summed E-state index contributed by atoms with van der Waals surface area (Å²) in [5.74, 6) is -0.416. The molecule has 0 aliphatic rings. The summed E-state index contributed by atoms with van der Waals surface area (Å²) in [6, 6.07) is 14.4.